The van der Waals surface area contributed by atoms with E-state index < -0.39 is 5.82 Å². The minimum Gasteiger partial charge on any atom is -0.324 e. The fraction of sp³-hybridized carbons (Fsp3) is 0.222. The predicted molar refractivity (Wildman–Crippen MR) is 95.5 cm³/mol. The van der Waals surface area contributed by atoms with Crippen LogP contribution in [0.15, 0.2) is 42.5 Å². The van der Waals surface area contributed by atoms with Gasteiger partial charge in [-0.1, -0.05) is 35.3 Å². The van der Waals surface area contributed by atoms with Crippen LogP contribution >= 0.6 is 23.2 Å². The SMILES string of the molecule is O=C1CCCN1CN(C(=O)c1ccccc1Cl)c1ccc(F)c(Cl)c1. The van der Waals surface area contributed by atoms with E-state index >= 15 is 0 Å². The Hall–Kier alpha value is -2.11. The lowest BCUT2D eigenvalue weighted by atomic mass is 10.2. The normalized spacial score (nSPS) is 14.0. The maximum absolute atomic E-state index is 13.5. The summed E-state index contributed by atoms with van der Waals surface area (Å²) in [6.07, 6.45) is 1.20. The summed E-state index contributed by atoms with van der Waals surface area (Å²) in [4.78, 5) is 28.0. The second kappa shape index (κ2) is 7.42. The van der Waals surface area contributed by atoms with E-state index in [1.807, 2.05) is 0 Å². The first kappa shape index (κ1) is 17.7. The van der Waals surface area contributed by atoms with Crippen molar-refractivity contribution in [2.24, 2.45) is 0 Å². The summed E-state index contributed by atoms with van der Waals surface area (Å²) < 4.78 is 13.5. The molecule has 0 spiro atoms. The third kappa shape index (κ3) is 3.78. The quantitative estimate of drug-likeness (QED) is 0.790. The zero-order chi connectivity index (χ0) is 18.0. The van der Waals surface area contributed by atoms with Crippen LogP contribution in [0, 0.1) is 5.82 Å². The van der Waals surface area contributed by atoms with E-state index in [1.165, 1.54) is 23.1 Å². The second-order valence-electron chi connectivity index (χ2n) is 5.71. The molecule has 0 unspecified atom stereocenters. The summed E-state index contributed by atoms with van der Waals surface area (Å²) in [5, 5.41) is 0.209. The minimum atomic E-state index is -0.576. The van der Waals surface area contributed by atoms with Gasteiger partial charge in [-0.05, 0) is 36.8 Å². The number of rotatable bonds is 4. The van der Waals surface area contributed by atoms with Crippen LogP contribution in [0.2, 0.25) is 10.0 Å². The number of nitrogens with zero attached hydrogens (tertiary/aromatic N) is 2. The standard InChI is InChI=1S/C18H15Cl2FN2O2/c19-14-5-2-1-4-13(14)18(25)23(11-22-9-3-6-17(22)24)12-7-8-16(21)15(20)10-12/h1-2,4-5,7-8,10H,3,6,9,11H2. The van der Waals surface area contributed by atoms with Crippen molar-refractivity contribution in [1.29, 1.82) is 0 Å². The van der Waals surface area contributed by atoms with Gasteiger partial charge in [0.25, 0.3) is 5.91 Å². The zero-order valence-electron chi connectivity index (χ0n) is 13.2. The number of hydrogen-bond donors (Lipinski definition) is 0. The lowest BCUT2D eigenvalue weighted by molar-refractivity contribution is -0.127. The van der Waals surface area contributed by atoms with Crippen LogP contribution in [0.4, 0.5) is 10.1 Å². The van der Waals surface area contributed by atoms with Crippen molar-refractivity contribution in [3.8, 4) is 0 Å². The number of amides is 2. The number of carbonyl (C=O) groups is 2. The van der Waals surface area contributed by atoms with E-state index in [1.54, 1.807) is 29.2 Å². The highest BCUT2D eigenvalue weighted by Crippen LogP contribution is 2.27. The molecule has 1 saturated heterocycles. The van der Waals surface area contributed by atoms with Gasteiger partial charge >= 0.3 is 0 Å². The number of likely N-dealkylation sites (tertiary alicyclic amines) is 1. The summed E-state index contributed by atoms with van der Waals surface area (Å²) in [5.74, 6) is -0.981. The zero-order valence-corrected chi connectivity index (χ0v) is 14.7. The van der Waals surface area contributed by atoms with Crippen molar-refractivity contribution in [3.05, 3.63) is 63.9 Å². The number of carbonyl (C=O) groups excluding carboxylic acids is 2. The van der Waals surface area contributed by atoms with Crippen molar-refractivity contribution in [1.82, 2.24) is 4.90 Å². The molecule has 2 amide bonds. The largest absolute Gasteiger partial charge is 0.324 e. The van der Waals surface area contributed by atoms with Crippen LogP contribution in [0.5, 0.6) is 0 Å². The summed E-state index contributed by atoms with van der Waals surface area (Å²) in [6.45, 7) is 0.630. The van der Waals surface area contributed by atoms with E-state index in [-0.39, 0.29) is 23.5 Å². The molecule has 1 fully saturated rings. The van der Waals surface area contributed by atoms with Crippen molar-refractivity contribution >= 4 is 40.7 Å². The molecule has 4 nitrogen and oxygen atoms in total. The maximum atomic E-state index is 13.5. The summed E-state index contributed by atoms with van der Waals surface area (Å²) in [6, 6.07) is 10.7. The molecule has 2 aromatic carbocycles. The number of halogens is 3. The maximum Gasteiger partial charge on any atom is 0.261 e. The van der Waals surface area contributed by atoms with Crippen LogP contribution in [0.3, 0.4) is 0 Å². The van der Waals surface area contributed by atoms with E-state index in [9.17, 15) is 14.0 Å². The molecule has 0 radical (unpaired) electrons. The summed E-state index contributed by atoms with van der Waals surface area (Å²) >= 11 is 12.0. The molecule has 0 aromatic heterocycles. The Balaban J connectivity index is 1.98. The van der Waals surface area contributed by atoms with Crippen molar-refractivity contribution in [2.45, 2.75) is 12.8 Å². The topological polar surface area (TPSA) is 40.6 Å². The monoisotopic (exact) mass is 380 g/mol. The number of benzene rings is 2. The average molecular weight is 381 g/mol. The molecular weight excluding hydrogens is 366 g/mol. The first-order valence-corrected chi connectivity index (χ1v) is 8.52. The van der Waals surface area contributed by atoms with Crippen molar-refractivity contribution in [3.63, 3.8) is 0 Å². The van der Waals surface area contributed by atoms with E-state index in [4.69, 9.17) is 23.2 Å². The molecule has 3 rings (SSSR count). The molecule has 1 heterocycles. The van der Waals surface area contributed by atoms with Gasteiger partial charge in [0.2, 0.25) is 5.91 Å². The number of anilines is 1. The second-order valence-corrected chi connectivity index (χ2v) is 6.53. The van der Waals surface area contributed by atoms with Gasteiger partial charge in [-0.3, -0.25) is 14.5 Å². The summed E-state index contributed by atoms with van der Waals surface area (Å²) in [7, 11) is 0. The first-order chi connectivity index (χ1) is 12.0. The minimum absolute atomic E-state index is 0.0230. The third-order valence-electron chi connectivity index (χ3n) is 4.05. The highest BCUT2D eigenvalue weighted by atomic mass is 35.5. The number of hydrogen-bond acceptors (Lipinski definition) is 2. The van der Waals surface area contributed by atoms with Gasteiger partial charge in [0.15, 0.2) is 0 Å². The highest BCUT2D eigenvalue weighted by molar-refractivity contribution is 6.34. The molecular formula is C18H15Cl2FN2O2. The lowest BCUT2D eigenvalue weighted by Gasteiger charge is -2.28. The molecule has 2 aromatic rings. The Morgan fingerprint density at radius 1 is 1.16 bits per heavy atom. The van der Waals surface area contributed by atoms with Gasteiger partial charge in [-0.25, -0.2) is 4.39 Å². The van der Waals surface area contributed by atoms with Crippen LogP contribution in [0.25, 0.3) is 0 Å². The molecule has 130 valence electrons. The van der Waals surface area contributed by atoms with Crippen LogP contribution in [-0.4, -0.2) is 29.9 Å². The van der Waals surface area contributed by atoms with E-state index in [2.05, 4.69) is 0 Å². The van der Waals surface area contributed by atoms with Gasteiger partial charge in [0, 0.05) is 18.7 Å². The molecule has 0 N–H and O–H groups in total. The molecule has 0 saturated carbocycles. The smallest absolute Gasteiger partial charge is 0.261 e. The molecule has 1 aliphatic heterocycles. The molecule has 7 heteroatoms. The fourth-order valence-corrected chi connectivity index (χ4v) is 3.11. The Labute approximate surface area is 154 Å². The van der Waals surface area contributed by atoms with Crippen molar-refractivity contribution < 1.29 is 14.0 Å². The average Bonchev–Trinajstić information content (AvgIpc) is 3.00. The predicted octanol–water partition coefficient (Wildman–Crippen LogP) is 4.36. The Kier molecular flexibility index (Phi) is 5.25. The molecule has 1 aliphatic rings. The Bertz CT molecular complexity index is 828. The highest BCUT2D eigenvalue weighted by Gasteiger charge is 2.27. The van der Waals surface area contributed by atoms with E-state index in [0.717, 1.165) is 6.42 Å². The Morgan fingerprint density at radius 3 is 2.56 bits per heavy atom. The molecule has 0 bridgehead atoms. The first-order valence-electron chi connectivity index (χ1n) is 7.76. The molecule has 0 aliphatic carbocycles. The van der Waals surface area contributed by atoms with Gasteiger partial charge in [0.1, 0.15) is 12.5 Å². The van der Waals surface area contributed by atoms with E-state index in [0.29, 0.717) is 29.2 Å². The molecule has 25 heavy (non-hydrogen) atoms. The molecule has 0 atom stereocenters. The van der Waals surface area contributed by atoms with Gasteiger partial charge in [0.05, 0.1) is 15.6 Å². The lowest BCUT2D eigenvalue weighted by Crippen LogP contribution is -2.42. The van der Waals surface area contributed by atoms with Crippen molar-refractivity contribution in [2.75, 3.05) is 18.1 Å². The Morgan fingerprint density at radius 2 is 1.92 bits per heavy atom. The third-order valence-corrected chi connectivity index (χ3v) is 4.67. The van der Waals surface area contributed by atoms with Crippen LogP contribution < -0.4 is 4.90 Å². The van der Waals surface area contributed by atoms with Gasteiger partial charge in [-0.15, -0.1) is 0 Å². The van der Waals surface area contributed by atoms with Gasteiger partial charge < -0.3 is 4.90 Å². The van der Waals surface area contributed by atoms with Gasteiger partial charge in [-0.2, -0.15) is 0 Å². The van der Waals surface area contributed by atoms with Crippen LogP contribution in [-0.2, 0) is 4.79 Å². The fourth-order valence-electron chi connectivity index (χ4n) is 2.72. The van der Waals surface area contributed by atoms with Crippen LogP contribution in [0.1, 0.15) is 23.2 Å². The summed E-state index contributed by atoms with van der Waals surface area (Å²) in [5.41, 5.74) is 0.701.